The molecule has 1 saturated heterocycles. The van der Waals surface area contributed by atoms with Crippen molar-refractivity contribution in [3.63, 3.8) is 0 Å². The molecule has 1 aromatic carbocycles. The Hall–Kier alpha value is -2.74. The molecule has 0 radical (unpaired) electrons. The van der Waals surface area contributed by atoms with Crippen molar-refractivity contribution < 1.29 is 9.53 Å². The van der Waals surface area contributed by atoms with Gasteiger partial charge >= 0.3 is 0 Å². The second-order valence-corrected chi connectivity index (χ2v) is 6.20. The summed E-state index contributed by atoms with van der Waals surface area (Å²) in [5.74, 6) is 0.869. The minimum atomic E-state index is -0.196. The number of hydrogen-bond acceptors (Lipinski definition) is 5. The van der Waals surface area contributed by atoms with Gasteiger partial charge in [-0.05, 0) is 19.1 Å². The number of ether oxygens (including phenoxy) is 1. The SMILES string of the molecule is Cc1cnc(C2CN(C(=O)CCn3nnc4ccccc43)CCO2)[nH]1. The fourth-order valence-corrected chi connectivity index (χ4v) is 3.08. The fourth-order valence-electron chi connectivity index (χ4n) is 3.08. The lowest BCUT2D eigenvalue weighted by Gasteiger charge is -2.32. The van der Waals surface area contributed by atoms with Crippen LogP contribution in [0.3, 0.4) is 0 Å². The Balaban J connectivity index is 1.39. The van der Waals surface area contributed by atoms with Gasteiger partial charge in [-0.2, -0.15) is 0 Å². The number of benzene rings is 1. The largest absolute Gasteiger partial charge is 0.367 e. The number of para-hydroxylation sites is 1. The minimum absolute atomic E-state index is 0.0937. The Bertz CT molecular complexity index is 886. The number of morpholine rings is 1. The number of rotatable bonds is 4. The van der Waals surface area contributed by atoms with E-state index in [0.29, 0.717) is 32.7 Å². The molecule has 0 aliphatic carbocycles. The molecule has 1 fully saturated rings. The van der Waals surface area contributed by atoms with Crippen molar-refractivity contribution in [3.05, 3.63) is 42.0 Å². The summed E-state index contributed by atoms with van der Waals surface area (Å²) in [5.41, 5.74) is 2.77. The van der Waals surface area contributed by atoms with Crippen LogP contribution in [0.15, 0.2) is 30.5 Å². The van der Waals surface area contributed by atoms with E-state index in [-0.39, 0.29) is 12.0 Å². The zero-order chi connectivity index (χ0) is 17.2. The van der Waals surface area contributed by atoms with Crippen molar-refractivity contribution in [2.75, 3.05) is 19.7 Å². The van der Waals surface area contributed by atoms with Crippen LogP contribution in [0.5, 0.6) is 0 Å². The van der Waals surface area contributed by atoms with Crippen molar-refractivity contribution in [1.29, 1.82) is 0 Å². The van der Waals surface area contributed by atoms with Gasteiger partial charge in [0.2, 0.25) is 5.91 Å². The summed E-state index contributed by atoms with van der Waals surface area (Å²) in [6.07, 6.45) is 1.96. The number of H-pyrrole nitrogens is 1. The first kappa shape index (κ1) is 15.8. The second-order valence-electron chi connectivity index (χ2n) is 6.20. The highest BCUT2D eigenvalue weighted by atomic mass is 16.5. The fraction of sp³-hybridized carbons (Fsp3) is 0.412. The van der Waals surface area contributed by atoms with Gasteiger partial charge in [0, 0.05) is 24.9 Å². The van der Waals surface area contributed by atoms with Crippen LogP contribution in [0.25, 0.3) is 11.0 Å². The first-order valence-corrected chi connectivity index (χ1v) is 8.40. The zero-order valence-corrected chi connectivity index (χ0v) is 14.1. The first-order chi connectivity index (χ1) is 12.2. The number of nitrogens with zero attached hydrogens (tertiary/aromatic N) is 5. The molecular weight excluding hydrogens is 320 g/mol. The van der Waals surface area contributed by atoms with Gasteiger partial charge < -0.3 is 14.6 Å². The number of carbonyl (C=O) groups excluding carboxylic acids is 1. The van der Waals surface area contributed by atoms with Crippen molar-refractivity contribution in [2.45, 2.75) is 26.0 Å². The highest BCUT2D eigenvalue weighted by Crippen LogP contribution is 2.20. The molecule has 2 aromatic heterocycles. The average molecular weight is 340 g/mol. The standard InChI is InChI=1S/C17H20N6O2/c1-12-10-18-17(19-12)15-11-22(8-9-25-15)16(24)6-7-23-14-5-3-2-4-13(14)20-21-23/h2-5,10,15H,6-9,11H2,1H3,(H,18,19). The summed E-state index contributed by atoms with van der Waals surface area (Å²) < 4.78 is 7.53. The summed E-state index contributed by atoms with van der Waals surface area (Å²) in [5, 5.41) is 8.25. The predicted molar refractivity (Wildman–Crippen MR) is 90.7 cm³/mol. The van der Waals surface area contributed by atoms with Crippen LogP contribution in [0, 0.1) is 6.92 Å². The van der Waals surface area contributed by atoms with Crippen LogP contribution in [-0.2, 0) is 16.1 Å². The normalized spacial score (nSPS) is 18.0. The maximum absolute atomic E-state index is 12.6. The number of nitrogens with one attached hydrogen (secondary N) is 1. The highest BCUT2D eigenvalue weighted by Gasteiger charge is 2.27. The Labute approximate surface area is 144 Å². The Kier molecular flexibility index (Phi) is 4.19. The third kappa shape index (κ3) is 3.25. The number of fused-ring (bicyclic) bond motifs is 1. The molecule has 3 aromatic rings. The molecule has 3 heterocycles. The molecular formula is C17H20N6O2. The molecule has 4 rings (SSSR count). The molecule has 8 heteroatoms. The second kappa shape index (κ2) is 6.64. The van der Waals surface area contributed by atoms with E-state index in [0.717, 1.165) is 22.6 Å². The molecule has 1 amide bonds. The number of carbonyl (C=O) groups is 1. The number of aryl methyl sites for hydroxylation is 2. The summed E-state index contributed by atoms with van der Waals surface area (Å²) in [6.45, 7) is 4.10. The van der Waals surface area contributed by atoms with Gasteiger partial charge in [0.15, 0.2) is 0 Å². The summed E-state index contributed by atoms with van der Waals surface area (Å²) in [7, 11) is 0. The van der Waals surface area contributed by atoms with E-state index >= 15 is 0 Å². The van der Waals surface area contributed by atoms with E-state index in [1.165, 1.54) is 0 Å². The van der Waals surface area contributed by atoms with Crippen LogP contribution in [0.1, 0.15) is 24.0 Å². The molecule has 0 saturated carbocycles. The molecule has 1 unspecified atom stereocenters. The van der Waals surface area contributed by atoms with Crippen LogP contribution in [0.4, 0.5) is 0 Å². The van der Waals surface area contributed by atoms with Gasteiger partial charge in [0.05, 0.1) is 25.2 Å². The molecule has 25 heavy (non-hydrogen) atoms. The lowest BCUT2D eigenvalue weighted by atomic mass is 10.2. The van der Waals surface area contributed by atoms with E-state index in [4.69, 9.17) is 4.74 Å². The molecule has 1 N–H and O–H groups in total. The van der Waals surface area contributed by atoms with Crippen molar-refractivity contribution >= 4 is 16.9 Å². The summed E-state index contributed by atoms with van der Waals surface area (Å²) in [4.78, 5) is 21.9. The number of hydrogen-bond donors (Lipinski definition) is 1. The van der Waals surface area contributed by atoms with E-state index in [9.17, 15) is 4.79 Å². The predicted octanol–water partition coefficient (Wildman–Crippen LogP) is 1.45. The quantitative estimate of drug-likeness (QED) is 0.776. The molecule has 130 valence electrons. The van der Waals surface area contributed by atoms with Crippen LogP contribution in [-0.4, -0.2) is 55.5 Å². The minimum Gasteiger partial charge on any atom is -0.367 e. The molecule has 1 aliphatic rings. The monoisotopic (exact) mass is 340 g/mol. The Morgan fingerprint density at radius 2 is 2.28 bits per heavy atom. The summed E-state index contributed by atoms with van der Waals surface area (Å²) in [6, 6.07) is 7.75. The number of imidazole rings is 1. The Morgan fingerprint density at radius 1 is 1.40 bits per heavy atom. The Morgan fingerprint density at radius 3 is 3.12 bits per heavy atom. The van der Waals surface area contributed by atoms with Gasteiger partial charge in [-0.25, -0.2) is 9.67 Å². The smallest absolute Gasteiger partial charge is 0.224 e. The maximum atomic E-state index is 12.6. The molecule has 1 aliphatic heterocycles. The zero-order valence-electron chi connectivity index (χ0n) is 14.1. The van der Waals surface area contributed by atoms with Gasteiger partial charge in [-0.15, -0.1) is 5.10 Å². The van der Waals surface area contributed by atoms with E-state index in [1.807, 2.05) is 36.1 Å². The lowest BCUT2D eigenvalue weighted by molar-refractivity contribution is -0.139. The van der Waals surface area contributed by atoms with E-state index < -0.39 is 0 Å². The molecule has 8 nitrogen and oxygen atoms in total. The van der Waals surface area contributed by atoms with Crippen LogP contribution >= 0.6 is 0 Å². The van der Waals surface area contributed by atoms with Crippen LogP contribution in [0.2, 0.25) is 0 Å². The van der Waals surface area contributed by atoms with Crippen molar-refractivity contribution in [2.24, 2.45) is 0 Å². The van der Waals surface area contributed by atoms with Gasteiger partial charge in [0.25, 0.3) is 0 Å². The highest BCUT2D eigenvalue weighted by molar-refractivity contribution is 5.77. The average Bonchev–Trinajstić information content (AvgIpc) is 3.26. The van der Waals surface area contributed by atoms with Gasteiger partial charge in [0.1, 0.15) is 17.4 Å². The third-order valence-electron chi connectivity index (χ3n) is 4.40. The number of aromatic nitrogens is 5. The van der Waals surface area contributed by atoms with E-state index in [1.54, 1.807) is 10.9 Å². The summed E-state index contributed by atoms with van der Waals surface area (Å²) >= 11 is 0. The number of amides is 1. The maximum Gasteiger partial charge on any atom is 0.224 e. The van der Waals surface area contributed by atoms with E-state index in [2.05, 4.69) is 20.3 Å². The molecule has 0 bridgehead atoms. The lowest BCUT2D eigenvalue weighted by Crippen LogP contribution is -2.42. The first-order valence-electron chi connectivity index (χ1n) is 8.40. The molecule has 1 atom stereocenters. The number of aromatic amines is 1. The third-order valence-corrected chi connectivity index (χ3v) is 4.40. The van der Waals surface area contributed by atoms with Crippen molar-refractivity contribution in [1.82, 2.24) is 29.9 Å². The molecule has 0 spiro atoms. The topological polar surface area (TPSA) is 88.9 Å². The van der Waals surface area contributed by atoms with Gasteiger partial charge in [-0.1, -0.05) is 17.3 Å². The van der Waals surface area contributed by atoms with Crippen molar-refractivity contribution in [3.8, 4) is 0 Å². The van der Waals surface area contributed by atoms with Gasteiger partial charge in [-0.3, -0.25) is 4.79 Å². The van der Waals surface area contributed by atoms with Crippen LogP contribution < -0.4 is 0 Å².